The van der Waals surface area contributed by atoms with Gasteiger partial charge in [0, 0.05) is 23.5 Å². The molecule has 1 amide bonds. The maximum Gasteiger partial charge on any atom is 0.230 e. The lowest BCUT2D eigenvalue weighted by Crippen LogP contribution is -2.42. The fraction of sp³-hybridized carbons (Fsp3) is 0.480. The second-order valence-electron chi connectivity index (χ2n) is 8.71. The number of thiophene rings is 1. The van der Waals surface area contributed by atoms with Crippen LogP contribution >= 0.6 is 23.1 Å². The van der Waals surface area contributed by atoms with E-state index in [4.69, 9.17) is 0 Å². The largest absolute Gasteiger partial charge is 0.353 e. The van der Waals surface area contributed by atoms with Gasteiger partial charge in [-0.2, -0.15) is 0 Å². The van der Waals surface area contributed by atoms with Gasteiger partial charge in [0.1, 0.15) is 0 Å². The van der Waals surface area contributed by atoms with Crippen molar-refractivity contribution in [3.8, 4) is 11.4 Å². The molecular formula is C25H33N5OS2. The van der Waals surface area contributed by atoms with E-state index in [1.54, 1.807) is 11.3 Å². The normalized spacial score (nSPS) is 16.1. The quantitative estimate of drug-likeness (QED) is 0.433. The van der Waals surface area contributed by atoms with Crippen molar-refractivity contribution < 1.29 is 4.79 Å². The van der Waals surface area contributed by atoms with Crippen LogP contribution in [0, 0.1) is 12.8 Å². The molecule has 3 heterocycles. The summed E-state index contributed by atoms with van der Waals surface area (Å²) >= 11 is 3.23. The van der Waals surface area contributed by atoms with Crippen molar-refractivity contribution in [2.24, 2.45) is 5.92 Å². The minimum Gasteiger partial charge on any atom is -0.353 e. The standard InChI is InChI=1S/C25H33N5OS2/c1-4-30-24(20-9-6-5-8-19(20)3)27-28-25(30)33-17-23(31)26-16-21(22-10-7-15-32-22)29-13-11-18(2)12-14-29/h5-10,15,18,21H,4,11-14,16-17H2,1-3H3,(H,26,31). The van der Waals surface area contributed by atoms with Crippen LogP contribution in [-0.4, -0.2) is 51.0 Å². The Morgan fingerprint density at radius 1 is 1.21 bits per heavy atom. The summed E-state index contributed by atoms with van der Waals surface area (Å²) in [4.78, 5) is 16.6. The molecule has 1 aliphatic rings. The average Bonchev–Trinajstić information content (AvgIpc) is 3.49. The van der Waals surface area contributed by atoms with Gasteiger partial charge in [-0.25, -0.2) is 0 Å². The fourth-order valence-electron chi connectivity index (χ4n) is 4.33. The van der Waals surface area contributed by atoms with Crippen LogP contribution < -0.4 is 5.32 Å². The Morgan fingerprint density at radius 2 is 2.00 bits per heavy atom. The molecule has 0 aliphatic carbocycles. The maximum absolute atomic E-state index is 12.8. The third-order valence-electron chi connectivity index (χ3n) is 6.37. The molecule has 1 unspecified atom stereocenters. The molecule has 1 aromatic carbocycles. The third kappa shape index (κ3) is 5.86. The summed E-state index contributed by atoms with van der Waals surface area (Å²) in [7, 11) is 0. The lowest BCUT2D eigenvalue weighted by Gasteiger charge is -2.36. The van der Waals surface area contributed by atoms with Crippen molar-refractivity contribution >= 4 is 29.0 Å². The molecule has 0 saturated carbocycles. The second-order valence-corrected chi connectivity index (χ2v) is 10.6. The van der Waals surface area contributed by atoms with Gasteiger partial charge in [-0.1, -0.05) is 49.0 Å². The molecule has 1 atom stereocenters. The number of amides is 1. The van der Waals surface area contributed by atoms with Crippen molar-refractivity contribution in [1.29, 1.82) is 0 Å². The number of hydrogen-bond donors (Lipinski definition) is 1. The van der Waals surface area contributed by atoms with E-state index in [1.165, 1.54) is 35.0 Å². The monoisotopic (exact) mass is 483 g/mol. The average molecular weight is 484 g/mol. The van der Waals surface area contributed by atoms with Gasteiger partial charge in [0.15, 0.2) is 11.0 Å². The molecule has 6 nitrogen and oxygen atoms in total. The summed E-state index contributed by atoms with van der Waals surface area (Å²) in [5, 5.41) is 14.9. The third-order valence-corrected chi connectivity index (χ3v) is 8.31. The van der Waals surface area contributed by atoms with E-state index in [0.29, 0.717) is 12.3 Å². The van der Waals surface area contributed by atoms with E-state index in [-0.39, 0.29) is 11.9 Å². The summed E-state index contributed by atoms with van der Waals surface area (Å²) in [6, 6.07) is 12.7. The molecule has 8 heteroatoms. The highest BCUT2D eigenvalue weighted by Gasteiger charge is 2.26. The number of aromatic nitrogens is 3. The van der Waals surface area contributed by atoms with Crippen LogP contribution in [-0.2, 0) is 11.3 Å². The van der Waals surface area contributed by atoms with E-state index >= 15 is 0 Å². The van der Waals surface area contributed by atoms with Crippen LogP contribution in [0.5, 0.6) is 0 Å². The molecular weight excluding hydrogens is 450 g/mol. The summed E-state index contributed by atoms with van der Waals surface area (Å²) < 4.78 is 2.09. The van der Waals surface area contributed by atoms with Crippen LogP contribution in [0.2, 0.25) is 0 Å². The first-order chi connectivity index (χ1) is 16.1. The molecule has 1 saturated heterocycles. The number of thioether (sulfide) groups is 1. The molecule has 1 aliphatic heterocycles. The highest BCUT2D eigenvalue weighted by Crippen LogP contribution is 2.29. The predicted octanol–water partition coefficient (Wildman–Crippen LogP) is 5.02. The Balaban J connectivity index is 1.36. The Hall–Kier alpha value is -2.16. The van der Waals surface area contributed by atoms with Gasteiger partial charge in [0.25, 0.3) is 0 Å². The number of benzene rings is 1. The van der Waals surface area contributed by atoms with Crippen molar-refractivity contribution in [2.75, 3.05) is 25.4 Å². The molecule has 0 bridgehead atoms. The number of aryl methyl sites for hydroxylation is 1. The Kier molecular flexibility index (Phi) is 8.22. The first-order valence-corrected chi connectivity index (χ1v) is 13.6. The SMILES string of the molecule is CCn1c(SCC(=O)NCC(c2cccs2)N2CCC(C)CC2)nnc1-c1ccccc1C. The zero-order valence-corrected chi connectivity index (χ0v) is 21.3. The minimum absolute atomic E-state index is 0.0371. The van der Waals surface area contributed by atoms with Crippen molar-refractivity contribution in [3.05, 3.63) is 52.2 Å². The molecule has 3 aromatic rings. The molecule has 4 rings (SSSR count). The number of nitrogens with one attached hydrogen (secondary N) is 1. The number of rotatable bonds is 9. The highest BCUT2D eigenvalue weighted by molar-refractivity contribution is 7.99. The Morgan fingerprint density at radius 3 is 2.70 bits per heavy atom. The first-order valence-electron chi connectivity index (χ1n) is 11.7. The summed E-state index contributed by atoms with van der Waals surface area (Å²) in [5.41, 5.74) is 2.25. The topological polar surface area (TPSA) is 63.1 Å². The van der Waals surface area contributed by atoms with Crippen LogP contribution in [0.1, 0.15) is 43.2 Å². The smallest absolute Gasteiger partial charge is 0.230 e. The van der Waals surface area contributed by atoms with Crippen molar-refractivity contribution in [1.82, 2.24) is 25.0 Å². The van der Waals surface area contributed by atoms with Gasteiger partial charge in [0.2, 0.25) is 5.91 Å². The van der Waals surface area contributed by atoms with Gasteiger partial charge in [0.05, 0.1) is 11.8 Å². The first kappa shape index (κ1) is 24.0. The van der Waals surface area contributed by atoms with Crippen LogP contribution in [0.4, 0.5) is 0 Å². The Bertz CT molecular complexity index is 1040. The number of hydrogen-bond acceptors (Lipinski definition) is 6. The Labute approximate surface area is 204 Å². The van der Waals surface area contributed by atoms with Crippen LogP contribution in [0.25, 0.3) is 11.4 Å². The van der Waals surface area contributed by atoms with E-state index < -0.39 is 0 Å². The van der Waals surface area contributed by atoms with Crippen LogP contribution in [0.3, 0.4) is 0 Å². The van der Waals surface area contributed by atoms with Gasteiger partial charge in [-0.05, 0) is 62.7 Å². The fourth-order valence-corrected chi connectivity index (χ4v) is 6.02. The molecule has 2 aromatic heterocycles. The van der Waals surface area contributed by atoms with Crippen molar-refractivity contribution in [3.63, 3.8) is 0 Å². The zero-order chi connectivity index (χ0) is 23.2. The van der Waals surface area contributed by atoms with Gasteiger partial charge < -0.3 is 9.88 Å². The van der Waals surface area contributed by atoms with Gasteiger partial charge >= 0.3 is 0 Å². The number of carbonyl (C=O) groups is 1. The summed E-state index contributed by atoms with van der Waals surface area (Å²) in [6.07, 6.45) is 2.45. The minimum atomic E-state index is 0.0371. The summed E-state index contributed by atoms with van der Waals surface area (Å²) in [6.45, 7) is 10.1. The highest BCUT2D eigenvalue weighted by atomic mass is 32.2. The van der Waals surface area contributed by atoms with Crippen molar-refractivity contribution in [2.45, 2.75) is 51.4 Å². The van der Waals surface area contributed by atoms with Gasteiger partial charge in [-0.15, -0.1) is 21.5 Å². The maximum atomic E-state index is 12.8. The number of nitrogens with zero attached hydrogens (tertiary/aromatic N) is 4. The number of likely N-dealkylation sites (tertiary alicyclic amines) is 1. The lowest BCUT2D eigenvalue weighted by molar-refractivity contribution is -0.118. The molecule has 1 fully saturated rings. The van der Waals surface area contributed by atoms with Gasteiger partial charge in [-0.3, -0.25) is 9.69 Å². The molecule has 33 heavy (non-hydrogen) atoms. The molecule has 0 spiro atoms. The number of carbonyl (C=O) groups excluding carboxylic acids is 1. The van der Waals surface area contributed by atoms with E-state index in [2.05, 4.69) is 75.4 Å². The molecule has 1 N–H and O–H groups in total. The number of piperidine rings is 1. The van der Waals surface area contributed by atoms with E-state index in [1.807, 2.05) is 12.1 Å². The second kappa shape index (κ2) is 11.3. The zero-order valence-electron chi connectivity index (χ0n) is 19.7. The van der Waals surface area contributed by atoms with Crippen LogP contribution in [0.15, 0.2) is 46.9 Å². The lowest BCUT2D eigenvalue weighted by atomic mass is 9.97. The molecule has 176 valence electrons. The predicted molar refractivity (Wildman–Crippen MR) is 137 cm³/mol. The molecule has 0 radical (unpaired) electrons. The van der Waals surface area contributed by atoms with E-state index in [0.717, 1.165) is 42.1 Å². The van der Waals surface area contributed by atoms with E-state index in [9.17, 15) is 4.79 Å². The summed E-state index contributed by atoms with van der Waals surface area (Å²) in [5.74, 6) is 2.02.